The number of amides is 2. The lowest BCUT2D eigenvalue weighted by Gasteiger charge is -2.13. The molecule has 3 N–H and O–H groups in total. The maximum Gasteiger partial charge on any atom is 0.320 e. The van der Waals surface area contributed by atoms with E-state index in [-0.39, 0.29) is 13.2 Å². The van der Waals surface area contributed by atoms with E-state index in [1.54, 1.807) is 13.0 Å². The van der Waals surface area contributed by atoms with Crippen LogP contribution in [0.2, 0.25) is 0 Å². The second-order valence-corrected chi connectivity index (χ2v) is 4.74. The zero-order valence-corrected chi connectivity index (χ0v) is 11.5. The van der Waals surface area contributed by atoms with E-state index >= 15 is 0 Å². The molecule has 19 heavy (non-hydrogen) atoms. The van der Waals surface area contributed by atoms with Crippen LogP contribution in [0.25, 0.3) is 0 Å². The van der Waals surface area contributed by atoms with Crippen LogP contribution in [0.5, 0.6) is 0 Å². The Balaban J connectivity index is 2.15. The summed E-state index contributed by atoms with van der Waals surface area (Å²) in [5, 5.41) is 18.2. The molecule has 0 bridgehead atoms. The van der Waals surface area contributed by atoms with Crippen LogP contribution in [0, 0.1) is 12.8 Å². The number of anilines is 1. The first-order chi connectivity index (χ1) is 8.97. The number of urea groups is 1. The largest absolute Gasteiger partial charge is 0.389 e. The van der Waals surface area contributed by atoms with Gasteiger partial charge in [-0.25, -0.2) is 4.79 Å². The summed E-state index contributed by atoms with van der Waals surface area (Å²) < 4.78 is 10.1. The molecule has 0 saturated carbocycles. The molecule has 0 saturated heterocycles. The molecule has 108 valence electrons. The van der Waals surface area contributed by atoms with E-state index in [0.29, 0.717) is 24.1 Å². The Labute approximate surface area is 112 Å². The van der Waals surface area contributed by atoms with Crippen molar-refractivity contribution in [3.63, 3.8) is 0 Å². The highest BCUT2D eigenvalue weighted by Gasteiger charge is 2.09. The molecule has 0 aromatic carbocycles. The number of aromatic nitrogens is 1. The van der Waals surface area contributed by atoms with E-state index in [0.717, 1.165) is 0 Å². The van der Waals surface area contributed by atoms with Crippen LogP contribution in [-0.4, -0.2) is 42.2 Å². The van der Waals surface area contributed by atoms with Gasteiger partial charge >= 0.3 is 6.03 Å². The standard InChI is InChI=1S/C12H21N3O4/c1-8(2)6-18-7-10(16)5-13-12(17)14-11-4-9(3)19-15-11/h4,8,10,16H,5-7H2,1-3H3,(H2,13,14,15,17). The van der Waals surface area contributed by atoms with Gasteiger partial charge in [-0.3, -0.25) is 5.32 Å². The van der Waals surface area contributed by atoms with Gasteiger partial charge in [-0.1, -0.05) is 19.0 Å². The van der Waals surface area contributed by atoms with Crippen LogP contribution in [0.4, 0.5) is 10.6 Å². The van der Waals surface area contributed by atoms with E-state index in [9.17, 15) is 9.90 Å². The van der Waals surface area contributed by atoms with Gasteiger partial charge in [0.25, 0.3) is 0 Å². The van der Waals surface area contributed by atoms with Crippen LogP contribution < -0.4 is 10.6 Å². The topological polar surface area (TPSA) is 96.6 Å². The Morgan fingerprint density at radius 1 is 1.53 bits per heavy atom. The lowest BCUT2D eigenvalue weighted by molar-refractivity contribution is 0.0274. The zero-order chi connectivity index (χ0) is 14.3. The van der Waals surface area contributed by atoms with Crippen LogP contribution in [0.1, 0.15) is 19.6 Å². The molecular weight excluding hydrogens is 250 g/mol. The Bertz CT molecular complexity index is 392. The SMILES string of the molecule is Cc1cc(NC(=O)NCC(O)COCC(C)C)no1. The Hall–Kier alpha value is -1.60. The number of rotatable bonds is 7. The smallest absolute Gasteiger partial charge is 0.320 e. The van der Waals surface area contributed by atoms with E-state index in [1.807, 2.05) is 13.8 Å². The molecule has 0 aliphatic carbocycles. The number of carbonyl (C=O) groups excluding carboxylic acids is 1. The van der Waals surface area contributed by atoms with Crippen LogP contribution >= 0.6 is 0 Å². The van der Waals surface area contributed by atoms with Crippen molar-refractivity contribution < 1.29 is 19.2 Å². The minimum absolute atomic E-state index is 0.112. The third-order valence-corrected chi connectivity index (χ3v) is 2.13. The van der Waals surface area contributed by atoms with E-state index in [4.69, 9.17) is 9.26 Å². The van der Waals surface area contributed by atoms with Crippen molar-refractivity contribution >= 4 is 11.8 Å². The van der Waals surface area contributed by atoms with Crippen molar-refractivity contribution in [2.24, 2.45) is 5.92 Å². The summed E-state index contributed by atoms with van der Waals surface area (Å²) in [6.45, 7) is 6.67. The van der Waals surface area contributed by atoms with Crippen molar-refractivity contribution in [3.8, 4) is 0 Å². The predicted molar refractivity (Wildman–Crippen MR) is 69.9 cm³/mol. The predicted octanol–water partition coefficient (Wildman–Crippen LogP) is 1.14. The number of hydrogen-bond acceptors (Lipinski definition) is 5. The minimum Gasteiger partial charge on any atom is -0.389 e. The number of aryl methyl sites for hydroxylation is 1. The van der Waals surface area contributed by atoms with Crippen molar-refractivity contribution in [3.05, 3.63) is 11.8 Å². The van der Waals surface area contributed by atoms with Crippen LogP contribution in [-0.2, 0) is 4.74 Å². The van der Waals surface area contributed by atoms with Gasteiger partial charge in [0.2, 0.25) is 0 Å². The summed E-state index contributed by atoms with van der Waals surface area (Å²) in [4.78, 5) is 11.5. The number of hydrogen-bond donors (Lipinski definition) is 3. The second kappa shape index (κ2) is 7.75. The summed E-state index contributed by atoms with van der Waals surface area (Å²) in [6, 6.07) is 1.15. The average Bonchev–Trinajstić information content (AvgIpc) is 2.71. The molecule has 7 nitrogen and oxygen atoms in total. The maximum atomic E-state index is 11.5. The van der Waals surface area contributed by atoms with Gasteiger partial charge in [-0.15, -0.1) is 0 Å². The number of nitrogens with one attached hydrogen (secondary N) is 2. The van der Waals surface area contributed by atoms with Gasteiger partial charge in [0.15, 0.2) is 5.82 Å². The van der Waals surface area contributed by atoms with Crippen molar-refractivity contribution in [1.29, 1.82) is 0 Å². The molecule has 1 atom stereocenters. The molecule has 0 spiro atoms. The Kier molecular flexibility index (Phi) is 6.31. The third kappa shape index (κ3) is 6.78. The number of aliphatic hydroxyl groups is 1. The van der Waals surface area contributed by atoms with E-state index in [1.165, 1.54) is 0 Å². The fourth-order valence-corrected chi connectivity index (χ4v) is 1.30. The fourth-order valence-electron chi connectivity index (χ4n) is 1.30. The van der Waals surface area contributed by atoms with Gasteiger partial charge in [0.1, 0.15) is 5.76 Å². The average molecular weight is 271 g/mol. The molecule has 1 unspecified atom stereocenters. The van der Waals surface area contributed by atoms with Crippen LogP contribution in [0.3, 0.4) is 0 Å². The summed E-state index contributed by atoms with van der Waals surface area (Å²) >= 11 is 0. The summed E-state index contributed by atoms with van der Waals surface area (Å²) in [5.74, 6) is 1.36. The molecule has 0 fully saturated rings. The molecule has 0 aliphatic rings. The lowest BCUT2D eigenvalue weighted by atomic mass is 10.2. The van der Waals surface area contributed by atoms with Crippen molar-refractivity contribution in [2.75, 3.05) is 25.1 Å². The van der Waals surface area contributed by atoms with E-state index in [2.05, 4.69) is 15.8 Å². The van der Waals surface area contributed by atoms with Crippen molar-refractivity contribution in [1.82, 2.24) is 10.5 Å². The molecule has 2 amide bonds. The second-order valence-electron chi connectivity index (χ2n) is 4.74. The van der Waals surface area contributed by atoms with Gasteiger partial charge in [0, 0.05) is 19.2 Å². The number of ether oxygens (including phenoxy) is 1. The first-order valence-electron chi connectivity index (χ1n) is 6.21. The first kappa shape index (κ1) is 15.5. The van der Waals surface area contributed by atoms with Crippen LogP contribution in [0.15, 0.2) is 10.6 Å². The third-order valence-electron chi connectivity index (χ3n) is 2.13. The summed E-state index contributed by atoms with van der Waals surface area (Å²) in [6.07, 6.45) is -0.733. The molecule has 1 rings (SSSR count). The number of aliphatic hydroxyl groups excluding tert-OH is 1. The Morgan fingerprint density at radius 3 is 2.84 bits per heavy atom. The number of nitrogens with zero attached hydrogens (tertiary/aromatic N) is 1. The highest BCUT2D eigenvalue weighted by Crippen LogP contribution is 2.06. The Morgan fingerprint density at radius 2 is 2.26 bits per heavy atom. The van der Waals surface area contributed by atoms with Gasteiger partial charge in [-0.2, -0.15) is 0 Å². The quantitative estimate of drug-likeness (QED) is 0.691. The first-order valence-corrected chi connectivity index (χ1v) is 6.21. The fraction of sp³-hybridized carbons (Fsp3) is 0.667. The van der Waals surface area contributed by atoms with Gasteiger partial charge in [0.05, 0.1) is 12.7 Å². The molecule has 0 radical (unpaired) electrons. The lowest BCUT2D eigenvalue weighted by Crippen LogP contribution is -2.37. The molecule has 1 aromatic rings. The number of carbonyl (C=O) groups is 1. The molecule has 1 heterocycles. The summed E-state index contributed by atoms with van der Waals surface area (Å²) in [5.41, 5.74) is 0. The van der Waals surface area contributed by atoms with Gasteiger partial charge < -0.3 is 19.7 Å². The molecule has 0 aliphatic heterocycles. The summed E-state index contributed by atoms with van der Waals surface area (Å²) in [7, 11) is 0. The highest BCUT2D eigenvalue weighted by molar-refractivity contribution is 5.88. The molecule has 7 heteroatoms. The molecular formula is C12H21N3O4. The van der Waals surface area contributed by atoms with Gasteiger partial charge in [-0.05, 0) is 12.8 Å². The molecule has 1 aromatic heterocycles. The highest BCUT2D eigenvalue weighted by atomic mass is 16.5. The van der Waals surface area contributed by atoms with Crippen molar-refractivity contribution in [2.45, 2.75) is 26.9 Å². The maximum absolute atomic E-state index is 11.5. The normalized spacial score (nSPS) is 12.5. The zero-order valence-electron chi connectivity index (χ0n) is 11.5. The minimum atomic E-state index is -0.733. The van der Waals surface area contributed by atoms with E-state index < -0.39 is 12.1 Å². The monoisotopic (exact) mass is 271 g/mol.